The number of rotatable bonds is 8. The molecule has 0 radical (unpaired) electrons. The van der Waals surface area contributed by atoms with E-state index in [9.17, 15) is 13.2 Å². The lowest BCUT2D eigenvalue weighted by molar-refractivity contribution is -0.115. The molecule has 168 valence electrons. The van der Waals surface area contributed by atoms with Gasteiger partial charge in [0, 0.05) is 23.7 Å². The van der Waals surface area contributed by atoms with Crippen LogP contribution in [0.15, 0.2) is 46.2 Å². The van der Waals surface area contributed by atoms with Gasteiger partial charge in [0.25, 0.3) is 0 Å². The van der Waals surface area contributed by atoms with Gasteiger partial charge < -0.3 is 14.8 Å². The number of nitrogens with zero attached hydrogens (tertiary/aromatic N) is 1. The van der Waals surface area contributed by atoms with E-state index in [-0.39, 0.29) is 10.8 Å². The van der Waals surface area contributed by atoms with E-state index in [0.717, 1.165) is 4.90 Å². The van der Waals surface area contributed by atoms with E-state index in [4.69, 9.17) is 9.47 Å². The number of nitrogens with one attached hydrogen (secondary N) is 1. The summed E-state index contributed by atoms with van der Waals surface area (Å²) in [7, 11) is -3.62. The number of benzene rings is 2. The first kappa shape index (κ1) is 23.4. The maximum absolute atomic E-state index is 12.9. The fraction of sp³-hybridized carbons (Fsp3) is 0.409. The summed E-state index contributed by atoms with van der Waals surface area (Å²) < 4.78 is 38.4. The number of ether oxygens (including phenoxy) is 2. The minimum Gasteiger partial charge on any atom is -0.486 e. The van der Waals surface area contributed by atoms with Gasteiger partial charge in [0.15, 0.2) is 11.5 Å². The van der Waals surface area contributed by atoms with E-state index in [2.05, 4.69) is 5.32 Å². The van der Waals surface area contributed by atoms with Crippen molar-refractivity contribution in [3.05, 3.63) is 42.0 Å². The summed E-state index contributed by atoms with van der Waals surface area (Å²) >= 11 is 1.39. The number of fused-ring (bicyclic) bond motifs is 1. The molecule has 1 aliphatic heterocycles. The van der Waals surface area contributed by atoms with Gasteiger partial charge >= 0.3 is 0 Å². The average molecular weight is 465 g/mol. The summed E-state index contributed by atoms with van der Waals surface area (Å²) in [5.74, 6) is 1.16. The Morgan fingerprint density at radius 2 is 1.77 bits per heavy atom. The van der Waals surface area contributed by atoms with Crippen LogP contribution in [0.4, 0.5) is 5.69 Å². The third-order valence-electron chi connectivity index (χ3n) is 4.97. The summed E-state index contributed by atoms with van der Waals surface area (Å²) in [6.45, 7) is 8.97. The Bertz CT molecular complexity index is 1050. The number of hydrogen-bond donors (Lipinski definition) is 1. The molecule has 1 aliphatic rings. The average Bonchev–Trinajstić information content (AvgIpc) is 2.75. The molecule has 7 nitrogen and oxygen atoms in total. The van der Waals surface area contributed by atoms with Gasteiger partial charge in [0.2, 0.25) is 15.9 Å². The fourth-order valence-corrected chi connectivity index (χ4v) is 5.86. The molecule has 1 amide bonds. The zero-order valence-electron chi connectivity index (χ0n) is 18.2. The van der Waals surface area contributed by atoms with Crippen molar-refractivity contribution < 1.29 is 22.7 Å². The summed E-state index contributed by atoms with van der Waals surface area (Å²) in [6, 6.07) is 10.6. The van der Waals surface area contributed by atoms with E-state index in [1.165, 1.54) is 22.1 Å². The summed E-state index contributed by atoms with van der Waals surface area (Å²) in [5.41, 5.74) is 1.10. The molecule has 0 saturated heterocycles. The molecule has 1 atom stereocenters. The van der Waals surface area contributed by atoms with Crippen molar-refractivity contribution in [1.29, 1.82) is 0 Å². The topological polar surface area (TPSA) is 84.9 Å². The van der Waals surface area contributed by atoms with E-state index in [1.54, 1.807) is 39.8 Å². The Balaban J connectivity index is 1.73. The molecule has 0 unspecified atom stereocenters. The highest BCUT2D eigenvalue weighted by atomic mass is 32.2. The number of carbonyl (C=O) groups is 1. The number of thioether (sulfide) groups is 1. The molecule has 9 heteroatoms. The lowest BCUT2D eigenvalue weighted by atomic mass is 10.2. The van der Waals surface area contributed by atoms with E-state index in [0.29, 0.717) is 49.1 Å². The number of carbonyl (C=O) groups excluding carboxylic acids is 1. The molecule has 0 fully saturated rings. The van der Waals surface area contributed by atoms with Crippen molar-refractivity contribution in [3.8, 4) is 11.5 Å². The lowest BCUT2D eigenvalue weighted by Gasteiger charge is -2.21. The van der Waals surface area contributed by atoms with E-state index in [1.807, 2.05) is 18.2 Å². The monoisotopic (exact) mass is 464 g/mol. The second kappa shape index (κ2) is 9.93. The van der Waals surface area contributed by atoms with Crippen molar-refractivity contribution in [2.75, 3.05) is 31.6 Å². The molecular weight excluding hydrogens is 436 g/mol. The number of anilines is 1. The Hall–Kier alpha value is -2.23. The highest BCUT2D eigenvalue weighted by molar-refractivity contribution is 8.00. The zero-order valence-corrected chi connectivity index (χ0v) is 19.8. The quantitative estimate of drug-likeness (QED) is 0.596. The zero-order chi connectivity index (χ0) is 22.6. The Morgan fingerprint density at radius 1 is 1.10 bits per heavy atom. The third-order valence-corrected chi connectivity index (χ3v) is 8.26. The summed E-state index contributed by atoms with van der Waals surface area (Å²) in [5, 5.41) is 2.44. The van der Waals surface area contributed by atoms with Crippen LogP contribution in [-0.2, 0) is 14.8 Å². The van der Waals surface area contributed by atoms with Crippen LogP contribution in [-0.4, -0.2) is 50.2 Å². The van der Waals surface area contributed by atoms with Crippen molar-refractivity contribution in [2.45, 2.75) is 42.7 Å². The van der Waals surface area contributed by atoms with Gasteiger partial charge in [0.05, 0.1) is 10.1 Å². The van der Waals surface area contributed by atoms with Crippen LogP contribution in [0.1, 0.15) is 26.3 Å². The van der Waals surface area contributed by atoms with Crippen LogP contribution < -0.4 is 14.8 Å². The van der Waals surface area contributed by atoms with Crippen LogP contribution in [0.2, 0.25) is 0 Å². The highest BCUT2D eigenvalue weighted by Crippen LogP contribution is 2.35. The molecule has 0 spiro atoms. The Morgan fingerprint density at radius 3 is 2.45 bits per heavy atom. The Kier molecular flexibility index (Phi) is 7.51. The molecule has 0 bridgehead atoms. The van der Waals surface area contributed by atoms with Gasteiger partial charge in [-0.2, -0.15) is 4.31 Å². The fourth-order valence-electron chi connectivity index (χ4n) is 3.26. The number of amides is 1. The highest BCUT2D eigenvalue weighted by Gasteiger charge is 2.24. The molecular formula is C22H28N2O5S2. The first-order chi connectivity index (χ1) is 14.8. The van der Waals surface area contributed by atoms with E-state index >= 15 is 0 Å². The molecule has 2 aromatic rings. The second-order valence-corrected chi connectivity index (χ2v) is 10.4. The smallest absolute Gasteiger partial charge is 0.243 e. The minimum absolute atomic E-state index is 0.209. The van der Waals surface area contributed by atoms with Gasteiger partial charge in [0.1, 0.15) is 13.2 Å². The summed E-state index contributed by atoms with van der Waals surface area (Å²) in [6.07, 6.45) is 0. The third kappa shape index (κ3) is 5.34. The number of hydrogen-bond acceptors (Lipinski definition) is 6. The van der Waals surface area contributed by atoms with Crippen molar-refractivity contribution in [1.82, 2.24) is 4.31 Å². The minimum atomic E-state index is -3.62. The van der Waals surface area contributed by atoms with Crippen molar-refractivity contribution in [2.24, 2.45) is 0 Å². The molecule has 0 saturated carbocycles. The normalized spacial score (nSPS) is 14.4. The predicted octanol–water partition coefficient (Wildman–Crippen LogP) is 3.92. The molecule has 1 heterocycles. The Labute approximate surface area is 188 Å². The van der Waals surface area contributed by atoms with Crippen LogP contribution in [0.3, 0.4) is 0 Å². The van der Waals surface area contributed by atoms with E-state index < -0.39 is 15.3 Å². The van der Waals surface area contributed by atoms with Crippen molar-refractivity contribution >= 4 is 33.4 Å². The predicted molar refractivity (Wildman–Crippen MR) is 123 cm³/mol. The number of sulfonamides is 1. The number of aryl methyl sites for hydroxylation is 1. The standard InChI is InChI=1S/C22H28N2O5S2/c1-5-24(6-2)31(26,27)21-13-17(8-7-15(21)3)23-22(25)16(4)30-18-9-10-19-20(14-18)29-12-11-28-19/h7-10,13-14,16H,5-6,11-12H2,1-4H3,(H,23,25)/t16-/m0/s1. The second-order valence-electron chi connectivity index (χ2n) is 7.12. The molecule has 3 rings (SSSR count). The molecule has 31 heavy (non-hydrogen) atoms. The first-order valence-corrected chi connectivity index (χ1v) is 12.6. The van der Waals surface area contributed by atoms with Crippen LogP contribution >= 0.6 is 11.8 Å². The first-order valence-electron chi connectivity index (χ1n) is 10.2. The maximum Gasteiger partial charge on any atom is 0.243 e. The maximum atomic E-state index is 12.9. The largest absolute Gasteiger partial charge is 0.486 e. The van der Waals surface area contributed by atoms with Crippen molar-refractivity contribution in [3.63, 3.8) is 0 Å². The van der Waals surface area contributed by atoms with Gasteiger partial charge in [-0.25, -0.2) is 8.42 Å². The molecule has 2 aromatic carbocycles. The SMILES string of the molecule is CCN(CC)S(=O)(=O)c1cc(NC(=O)[C@H](C)Sc2ccc3c(c2)OCCO3)ccc1C. The molecule has 0 aromatic heterocycles. The van der Waals surface area contributed by atoms with Crippen LogP contribution in [0, 0.1) is 6.92 Å². The van der Waals surface area contributed by atoms with Gasteiger partial charge in [-0.3, -0.25) is 4.79 Å². The summed E-state index contributed by atoms with van der Waals surface area (Å²) in [4.78, 5) is 13.8. The van der Waals surface area contributed by atoms with Crippen LogP contribution in [0.5, 0.6) is 11.5 Å². The van der Waals surface area contributed by atoms with Gasteiger partial charge in [-0.1, -0.05) is 19.9 Å². The molecule has 1 N–H and O–H groups in total. The lowest BCUT2D eigenvalue weighted by Crippen LogP contribution is -2.31. The molecule has 0 aliphatic carbocycles. The van der Waals surface area contributed by atoms with Gasteiger partial charge in [-0.05, 0) is 49.7 Å². The van der Waals surface area contributed by atoms with Gasteiger partial charge in [-0.15, -0.1) is 11.8 Å². The van der Waals surface area contributed by atoms with Crippen LogP contribution in [0.25, 0.3) is 0 Å².